The zero-order valence-corrected chi connectivity index (χ0v) is 8.98. The van der Waals surface area contributed by atoms with Crippen LogP contribution in [0.1, 0.15) is 15.2 Å². The number of hydrogen-bond acceptors (Lipinski definition) is 4. The summed E-state index contributed by atoms with van der Waals surface area (Å²) < 4.78 is 1.65. The summed E-state index contributed by atoms with van der Waals surface area (Å²) in [6.07, 6.45) is 4.61. The largest absolute Gasteiger partial charge is 0.477 e. The Bertz CT molecular complexity index is 560. The van der Waals surface area contributed by atoms with Gasteiger partial charge in [-0.2, -0.15) is 0 Å². The van der Waals surface area contributed by atoms with E-state index >= 15 is 0 Å². The van der Waals surface area contributed by atoms with E-state index in [2.05, 4.69) is 4.98 Å². The summed E-state index contributed by atoms with van der Waals surface area (Å²) in [6, 6.07) is 1.25. The molecule has 0 amide bonds. The molecule has 2 aromatic heterocycles. The van der Waals surface area contributed by atoms with Crippen LogP contribution in [0.4, 0.5) is 0 Å². The van der Waals surface area contributed by atoms with Crippen LogP contribution < -0.4 is 5.43 Å². The molecule has 0 bridgehead atoms. The lowest BCUT2D eigenvalue weighted by atomic mass is 10.3. The Morgan fingerprint density at radius 3 is 3.00 bits per heavy atom. The maximum atomic E-state index is 11.2. The molecular formula is C10H8N2O3S. The molecule has 82 valence electrons. The van der Waals surface area contributed by atoms with Crippen molar-refractivity contribution >= 4 is 17.3 Å². The number of aromatic carboxylic acids is 1. The van der Waals surface area contributed by atoms with Gasteiger partial charge in [-0.1, -0.05) is 0 Å². The van der Waals surface area contributed by atoms with E-state index < -0.39 is 11.4 Å². The Morgan fingerprint density at radius 2 is 2.38 bits per heavy atom. The third-order valence-electron chi connectivity index (χ3n) is 2.03. The maximum absolute atomic E-state index is 11.2. The zero-order valence-electron chi connectivity index (χ0n) is 8.16. The Labute approximate surface area is 94.6 Å². The quantitative estimate of drug-likeness (QED) is 0.864. The fraction of sp³-hybridized carbons (Fsp3) is 0.100. The minimum absolute atomic E-state index is 0.216. The van der Waals surface area contributed by atoms with Crippen LogP contribution in [0.2, 0.25) is 0 Å². The molecule has 5 nitrogen and oxygen atoms in total. The monoisotopic (exact) mass is 236 g/mol. The van der Waals surface area contributed by atoms with Crippen LogP contribution in [0, 0.1) is 0 Å². The van der Waals surface area contributed by atoms with E-state index in [1.165, 1.54) is 23.6 Å². The van der Waals surface area contributed by atoms with Crippen molar-refractivity contribution < 1.29 is 9.90 Å². The summed E-state index contributed by atoms with van der Waals surface area (Å²) in [7, 11) is 0. The predicted octanol–water partition coefficient (Wildman–Crippen LogP) is 1.05. The second-order valence-corrected chi connectivity index (χ2v) is 4.14. The van der Waals surface area contributed by atoms with Gasteiger partial charge in [0.2, 0.25) is 0 Å². The predicted molar refractivity (Wildman–Crippen MR) is 58.9 cm³/mol. The van der Waals surface area contributed by atoms with Crippen molar-refractivity contribution in [1.82, 2.24) is 9.55 Å². The lowest BCUT2D eigenvalue weighted by Gasteiger charge is -2.04. The van der Waals surface area contributed by atoms with Crippen LogP contribution in [0.15, 0.2) is 35.0 Å². The molecule has 0 saturated carbocycles. The molecule has 2 heterocycles. The van der Waals surface area contributed by atoms with Crippen molar-refractivity contribution in [3.63, 3.8) is 0 Å². The number of pyridine rings is 1. The first kappa shape index (κ1) is 10.6. The molecule has 0 fully saturated rings. The van der Waals surface area contributed by atoms with Crippen molar-refractivity contribution in [2.45, 2.75) is 6.54 Å². The normalized spacial score (nSPS) is 10.2. The van der Waals surface area contributed by atoms with E-state index in [4.69, 9.17) is 5.11 Å². The number of carbonyl (C=O) groups is 1. The van der Waals surface area contributed by atoms with Gasteiger partial charge in [-0.05, 0) is 0 Å². The summed E-state index contributed by atoms with van der Waals surface area (Å²) in [5.41, 5.74) is 1.01. The number of carboxylic acids is 1. The van der Waals surface area contributed by atoms with E-state index in [1.807, 2.05) is 0 Å². The average molecular weight is 236 g/mol. The SMILES string of the molecule is O=C(O)c1cn(Cc2cncs2)ccc1=O. The zero-order chi connectivity index (χ0) is 11.5. The second kappa shape index (κ2) is 4.28. The smallest absolute Gasteiger partial charge is 0.341 e. The molecule has 0 unspecified atom stereocenters. The van der Waals surface area contributed by atoms with Gasteiger partial charge in [0.15, 0.2) is 5.43 Å². The molecule has 0 aliphatic carbocycles. The highest BCUT2D eigenvalue weighted by Crippen LogP contribution is 2.07. The van der Waals surface area contributed by atoms with Crippen LogP contribution in [0.25, 0.3) is 0 Å². The van der Waals surface area contributed by atoms with Crippen LogP contribution in [-0.4, -0.2) is 20.6 Å². The van der Waals surface area contributed by atoms with Crippen molar-refractivity contribution in [3.8, 4) is 0 Å². The third kappa shape index (κ3) is 2.17. The molecule has 0 spiro atoms. The summed E-state index contributed by atoms with van der Waals surface area (Å²) in [4.78, 5) is 26.9. The maximum Gasteiger partial charge on any atom is 0.341 e. The van der Waals surface area contributed by atoms with Crippen molar-refractivity contribution in [2.24, 2.45) is 0 Å². The molecule has 0 radical (unpaired) electrons. The topological polar surface area (TPSA) is 72.2 Å². The van der Waals surface area contributed by atoms with E-state index in [0.29, 0.717) is 6.54 Å². The second-order valence-electron chi connectivity index (χ2n) is 3.17. The highest BCUT2D eigenvalue weighted by Gasteiger charge is 2.08. The van der Waals surface area contributed by atoms with Gasteiger partial charge in [-0.15, -0.1) is 11.3 Å². The Balaban J connectivity index is 2.33. The molecule has 0 aliphatic heterocycles. The molecule has 16 heavy (non-hydrogen) atoms. The Hall–Kier alpha value is -1.95. The molecule has 2 rings (SSSR count). The first-order chi connectivity index (χ1) is 7.66. The minimum Gasteiger partial charge on any atom is -0.477 e. The molecule has 0 atom stereocenters. The number of hydrogen-bond donors (Lipinski definition) is 1. The highest BCUT2D eigenvalue weighted by atomic mass is 32.1. The summed E-state index contributed by atoms with van der Waals surface area (Å²) >= 11 is 1.48. The third-order valence-corrected chi connectivity index (χ3v) is 2.79. The number of rotatable bonds is 3. The molecule has 0 saturated heterocycles. The van der Waals surface area contributed by atoms with Crippen LogP contribution >= 0.6 is 11.3 Å². The van der Waals surface area contributed by atoms with E-state index in [0.717, 1.165) is 4.88 Å². The molecular weight excluding hydrogens is 228 g/mol. The fourth-order valence-corrected chi connectivity index (χ4v) is 1.89. The summed E-state index contributed by atoms with van der Waals surface area (Å²) in [5.74, 6) is -1.20. The van der Waals surface area contributed by atoms with Gasteiger partial charge in [0.25, 0.3) is 0 Å². The summed E-state index contributed by atoms with van der Waals surface area (Å²) in [6.45, 7) is 0.519. The van der Waals surface area contributed by atoms with Gasteiger partial charge in [0.1, 0.15) is 5.56 Å². The Morgan fingerprint density at radius 1 is 1.56 bits per heavy atom. The van der Waals surface area contributed by atoms with Gasteiger partial charge in [0.05, 0.1) is 12.1 Å². The van der Waals surface area contributed by atoms with Gasteiger partial charge in [-0.25, -0.2) is 4.79 Å². The first-order valence-electron chi connectivity index (χ1n) is 4.47. The summed E-state index contributed by atoms with van der Waals surface area (Å²) in [5, 5.41) is 8.79. The molecule has 1 N–H and O–H groups in total. The average Bonchev–Trinajstić information content (AvgIpc) is 2.73. The van der Waals surface area contributed by atoms with Gasteiger partial charge < -0.3 is 9.67 Å². The lowest BCUT2D eigenvalue weighted by molar-refractivity contribution is 0.0694. The van der Waals surface area contributed by atoms with E-state index in [-0.39, 0.29) is 5.56 Å². The minimum atomic E-state index is -1.20. The molecule has 2 aromatic rings. The molecule has 6 heteroatoms. The van der Waals surface area contributed by atoms with E-state index in [1.54, 1.807) is 22.5 Å². The highest BCUT2D eigenvalue weighted by molar-refractivity contribution is 7.09. The lowest BCUT2D eigenvalue weighted by Crippen LogP contribution is -2.16. The Kier molecular flexibility index (Phi) is 2.82. The molecule has 0 aromatic carbocycles. The van der Waals surface area contributed by atoms with Gasteiger partial charge in [-0.3, -0.25) is 9.78 Å². The van der Waals surface area contributed by atoms with E-state index in [9.17, 15) is 9.59 Å². The van der Waals surface area contributed by atoms with Crippen LogP contribution in [0.5, 0.6) is 0 Å². The number of nitrogens with zero attached hydrogens (tertiary/aromatic N) is 2. The fourth-order valence-electron chi connectivity index (χ4n) is 1.28. The number of thiazole rings is 1. The van der Waals surface area contributed by atoms with Gasteiger partial charge >= 0.3 is 5.97 Å². The van der Waals surface area contributed by atoms with Crippen LogP contribution in [0.3, 0.4) is 0 Å². The number of carboxylic acid groups (broad SMARTS) is 1. The van der Waals surface area contributed by atoms with Crippen molar-refractivity contribution in [3.05, 3.63) is 50.8 Å². The number of aromatic nitrogens is 2. The van der Waals surface area contributed by atoms with Crippen molar-refractivity contribution in [2.75, 3.05) is 0 Å². The van der Waals surface area contributed by atoms with Crippen molar-refractivity contribution in [1.29, 1.82) is 0 Å². The van der Waals surface area contributed by atoms with Crippen LogP contribution in [-0.2, 0) is 6.54 Å². The first-order valence-corrected chi connectivity index (χ1v) is 5.35. The molecule has 0 aliphatic rings. The standard InChI is InChI=1S/C10H8N2O3S/c13-9-1-2-12(5-8(9)10(14)15)4-7-3-11-6-16-7/h1-3,5-6H,4H2,(H,14,15). The van der Waals surface area contributed by atoms with Gasteiger partial charge in [0, 0.05) is 29.5 Å².